The largest absolute Gasteiger partial charge is 0.371 e. The summed E-state index contributed by atoms with van der Waals surface area (Å²) in [7, 11) is 0. The molecule has 1 aliphatic rings. The summed E-state index contributed by atoms with van der Waals surface area (Å²) >= 11 is 0. The predicted octanol–water partition coefficient (Wildman–Crippen LogP) is 2.99. The fourth-order valence-electron chi connectivity index (χ4n) is 2.56. The molecule has 0 spiro atoms. The van der Waals surface area contributed by atoms with Crippen molar-refractivity contribution in [1.82, 2.24) is 5.32 Å². The summed E-state index contributed by atoms with van der Waals surface area (Å²) in [4.78, 5) is 12.1. The van der Waals surface area contributed by atoms with Crippen LogP contribution in [0.1, 0.15) is 17.2 Å². The number of benzene rings is 2. The molecule has 4 N–H and O–H groups in total. The lowest BCUT2D eigenvalue weighted by atomic mass is 10.1. The number of carbonyl (C=O) groups excluding carboxylic acids is 1. The van der Waals surface area contributed by atoms with Gasteiger partial charge in [0.1, 0.15) is 0 Å². The summed E-state index contributed by atoms with van der Waals surface area (Å²) in [5.74, 6) is 0. The van der Waals surface area contributed by atoms with E-state index in [1.807, 2.05) is 24.3 Å². The van der Waals surface area contributed by atoms with Crippen LogP contribution in [0.25, 0.3) is 0 Å². The third kappa shape index (κ3) is 4.18. The number of amides is 2. The van der Waals surface area contributed by atoms with Crippen molar-refractivity contribution in [2.75, 3.05) is 30.3 Å². The number of hydrogen-bond donors (Lipinski definition) is 4. The summed E-state index contributed by atoms with van der Waals surface area (Å²) in [5.41, 5.74) is 3.18. The van der Waals surface area contributed by atoms with Crippen LogP contribution in [-0.2, 0) is 4.74 Å². The Balaban J connectivity index is 1.58. The molecule has 24 heavy (non-hydrogen) atoms. The normalized spacial score (nSPS) is 17.1. The minimum atomic E-state index is -0.319. The van der Waals surface area contributed by atoms with Crippen LogP contribution in [0.2, 0.25) is 0 Å². The van der Waals surface area contributed by atoms with Crippen LogP contribution < -0.4 is 16.0 Å². The number of carbonyl (C=O) groups is 1. The van der Waals surface area contributed by atoms with Crippen molar-refractivity contribution in [3.63, 3.8) is 0 Å². The van der Waals surface area contributed by atoms with Crippen molar-refractivity contribution >= 4 is 23.6 Å². The quantitative estimate of drug-likeness (QED) is 0.652. The molecule has 6 heteroatoms. The van der Waals surface area contributed by atoms with E-state index in [-0.39, 0.29) is 12.1 Å². The molecule has 1 atom stereocenters. The van der Waals surface area contributed by atoms with E-state index < -0.39 is 0 Å². The van der Waals surface area contributed by atoms with Crippen LogP contribution in [0.15, 0.2) is 48.5 Å². The van der Waals surface area contributed by atoms with Gasteiger partial charge in [0.05, 0.1) is 12.7 Å². The van der Waals surface area contributed by atoms with Crippen LogP contribution in [0.3, 0.4) is 0 Å². The Labute approximate surface area is 140 Å². The average Bonchev–Trinajstić information content (AvgIpc) is 2.63. The lowest BCUT2D eigenvalue weighted by Crippen LogP contribution is -2.33. The van der Waals surface area contributed by atoms with Crippen molar-refractivity contribution in [3.05, 3.63) is 59.7 Å². The molecule has 0 aliphatic carbocycles. The van der Waals surface area contributed by atoms with Gasteiger partial charge < -0.3 is 26.1 Å². The second-order valence-electron chi connectivity index (χ2n) is 5.53. The van der Waals surface area contributed by atoms with Crippen molar-refractivity contribution < 1.29 is 9.53 Å². The standard InChI is InChI=1S/C18H20N4O2/c19-11-13-2-1-3-16(10-13)22-18(23)21-15-6-4-14(5-7-15)17-12-20-8-9-24-17/h1-7,10-11,17,19-20H,8-9,12H2,(H2,21,22,23). The highest BCUT2D eigenvalue weighted by Crippen LogP contribution is 2.21. The Kier molecular flexibility index (Phi) is 5.20. The van der Waals surface area contributed by atoms with Gasteiger partial charge in [-0.2, -0.15) is 0 Å². The van der Waals surface area contributed by atoms with Gasteiger partial charge in [0.15, 0.2) is 0 Å². The summed E-state index contributed by atoms with van der Waals surface area (Å²) in [6, 6.07) is 14.4. The van der Waals surface area contributed by atoms with Gasteiger partial charge in [0, 0.05) is 30.7 Å². The van der Waals surface area contributed by atoms with Gasteiger partial charge >= 0.3 is 6.03 Å². The highest BCUT2D eigenvalue weighted by molar-refractivity contribution is 6.00. The van der Waals surface area contributed by atoms with Crippen molar-refractivity contribution in [2.24, 2.45) is 0 Å². The van der Waals surface area contributed by atoms with Gasteiger partial charge in [-0.15, -0.1) is 0 Å². The minimum Gasteiger partial charge on any atom is -0.371 e. The number of morpholine rings is 1. The lowest BCUT2D eigenvalue weighted by molar-refractivity contribution is 0.0277. The van der Waals surface area contributed by atoms with Crippen LogP contribution in [0, 0.1) is 5.41 Å². The van der Waals surface area contributed by atoms with Crippen molar-refractivity contribution in [2.45, 2.75) is 6.10 Å². The zero-order chi connectivity index (χ0) is 16.8. The van der Waals surface area contributed by atoms with E-state index in [0.717, 1.165) is 24.2 Å². The van der Waals surface area contributed by atoms with Crippen molar-refractivity contribution in [1.29, 1.82) is 5.41 Å². The summed E-state index contributed by atoms with van der Waals surface area (Å²) in [5, 5.41) is 16.1. The maximum absolute atomic E-state index is 12.1. The molecule has 1 fully saturated rings. The SMILES string of the molecule is N=Cc1cccc(NC(=O)Nc2ccc(C3CNCCO3)cc2)c1. The third-order valence-electron chi connectivity index (χ3n) is 3.78. The Hall–Kier alpha value is -2.70. The number of hydrogen-bond acceptors (Lipinski definition) is 4. The Morgan fingerprint density at radius 2 is 1.96 bits per heavy atom. The number of urea groups is 1. The summed E-state index contributed by atoms with van der Waals surface area (Å²) < 4.78 is 5.71. The fourth-order valence-corrected chi connectivity index (χ4v) is 2.56. The van der Waals surface area contributed by atoms with Gasteiger partial charge in [-0.05, 0) is 35.4 Å². The van der Waals surface area contributed by atoms with E-state index in [4.69, 9.17) is 10.1 Å². The first-order chi connectivity index (χ1) is 11.7. The van der Waals surface area contributed by atoms with E-state index in [1.165, 1.54) is 6.21 Å². The molecular weight excluding hydrogens is 304 g/mol. The molecule has 2 aromatic carbocycles. The molecular formula is C18H20N4O2. The number of ether oxygens (including phenoxy) is 1. The summed E-state index contributed by atoms with van der Waals surface area (Å²) in [6.07, 6.45) is 1.30. The van der Waals surface area contributed by atoms with Gasteiger partial charge in [-0.25, -0.2) is 4.79 Å². The number of anilines is 2. The lowest BCUT2D eigenvalue weighted by Gasteiger charge is -2.24. The van der Waals surface area contributed by atoms with Crippen LogP contribution in [-0.4, -0.2) is 31.9 Å². The molecule has 6 nitrogen and oxygen atoms in total. The monoisotopic (exact) mass is 324 g/mol. The van der Waals surface area contributed by atoms with Gasteiger partial charge in [-0.3, -0.25) is 0 Å². The van der Waals surface area contributed by atoms with E-state index in [9.17, 15) is 4.79 Å². The minimum absolute atomic E-state index is 0.0606. The molecule has 3 rings (SSSR count). The molecule has 2 amide bonds. The highest BCUT2D eigenvalue weighted by Gasteiger charge is 2.15. The van der Waals surface area contributed by atoms with Gasteiger partial charge in [0.25, 0.3) is 0 Å². The average molecular weight is 324 g/mol. The smallest absolute Gasteiger partial charge is 0.323 e. The molecule has 2 aromatic rings. The van der Waals surface area contributed by atoms with Crippen LogP contribution >= 0.6 is 0 Å². The third-order valence-corrected chi connectivity index (χ3v) is 3.78. The Bertz CT molecular complexity index is 709. The van der Waals surface area contributed by atoms with Crippen LogP contribution in [0.4, 0.5) is 16.2 Å². The second-order valence-corrected chi connectivity index (χ2v) is 5.53. The van der Waals surface area contributed by atoms with E-state index in [0.29, 0.717) is 18.0 Å². The molecule has 1 saturated heterocycles. The van der Waals surface area contributed by atoms with E-state index in [1.54, 1.807) is 24.3 Å². The molecule has 0 saturated carbocycles. The first-order valence-corrected chi connectivity index (χ1v) is 7.85. The second kappa shape index (κ2) is 7.72. The Morgan fingerprint density at radius 3 is 2.67 bits per heavy atom. The number of rotatable bonds is 4. The van der Waals surface area contributed by atoms with E-state index in [2.05, 4.69) is 16.0 Å². The summed E-state index contributed by atoms with van der Waals surface area (Å²) in [6.45, 7) is 2.40. The first-order valence-electron chi connectivity index (χ1n) is 7.85. The molecule has 0 radical (unpaired) electrons. The van der Waals surface area contributed by atoms with Gasteiger partial charge in [0.2, 0.25) is 0 Å². The zero-order valence-corrected chi connectivity index (χ0v) is 13.2. The predicted molar refractivity (Wildman–Crippen MR) is 95.0 cm³/mol. The Morgan fingerprint density at radius 1 is 1.17 bits per heavy atom. The fraction of sp³-hybridized carbons (Fsp3) is 0.222. The highest BCUT2D eigenvalue weighted by atomic mass is 16.5. The maximum atomic E-state index is 12.1. The molecule has 1 unspecified atom stereocenters. The molecule has 1 heterocycles. The molecule has 0 aromatic heterocycles. The maximum Gasteiger partial charge on any atom is 0.323 e. The topological polar surface area (TPSA) is 86.2 Å². The first kappa shape index (κ1) is 16.2. The van der Waals surface area contributed by atoms with E-state index >= 15 is 0 Å². The van der Waals surface area contributed by atoms with Gasteiger partial charge in [-0.1, -0.05) is 24.3 Å². The molecule has 124 valence electrons. The van der Waals surface area contributed by atoms with Crippen LogP contribution in [0.5, 0.6) is 0 Å². The number of nitrogens with one attached hydrogen (secondary N) is 4. The van der Waals surface area contributed by atoms with Crippen molar-refractivity contribution in [3.8, 4) is 0 Å². The molecule has 1 aliphatic heterocycles. The zero-order valence-electron chi connectivity index (χ0n) is 13.2. The molecule has 0 bridgehead atoms.